The highest BCUT2D eigenvalue weighted by atomic mass is 35.5. The zero-order valence-corrected chi connectivity index (χ0v) is 12.4. The van der Waals surface area contributed by atoms with Crippen molar-refractivity contribution < 1.29 is 0 Å². The summed E-state index contributed by atoms with van der Waals surface area (Å²) in [5, 5.41) is 5.18. The van der Waals surface area contributed by atoms with Crippen LogP contribution in [-0.4, -0.2) is 12.0 Å². The van der Waals surface area contributed by atoms with E-state index in [-0.39, 0.29) is 6.04 Å². The summed E-state index contributed by atoms with van der Waals surface area (Å²) in [5.74, 6) is 0. The molecule has 0 fully saturated rings. The Balaban J connectivity index is 2.38. The molecule has 0 saturated heterocycles. The maximum absolute atomic E-state index is 6.05. The fourth-order valence-electron chi connectivity index (χ4n) is 2.02. The molecule has 0 amide bonds. The van der Waals surface area contributed by atoms with E-state index >= 15 is 0 Å². The Labute approximate surface area is 117 Å². The Kier molecular flexibility index (Phi) is 4.38. The molecule has 0 aliphatic heterocycles. The number of hydrogen-bond acceptors (Lipinski definition) is 3. The molecular formula is C14H17ClN2S. The minimum Gasteiger partial charge on any atom is -0.307 e. The Morgan fingerprint density at radius 2 is 2.22 bits per heavy atom. The van der Waals surface area contributed by atoms with Crippen molar-refractivity contribution in [3.05, 3.63) is 50.4 Å². The largest absolute Gasteiger partial charge is 0.307 e. The van der Waals surface area contributed by atoms with Crippen LogP contribution in [0.25, 0.3) is 0 Å². The van der Waals surface area contributed by atoms with E-state index in [9.17, 15) is 0 Å². The Hall–Kier alpha value is -0.900. The number of hydrogen-bond donors (Lipinski definition) is 1. The molecule has 0 bridgehead atoms. The van der Waals surface area contributed by atoms with Gasteiger partial charge in [0.15, 0.2) is 0 Å². The normalized spacial score (nSPS) is 12.7. The molecular weight excluding hydrogens is 264 g/mol. The highest BCUT2D eigenvalue weighted by molar-refractivity contribution is 7.11. The van der Waals surface area contributed by atoms with Crippen molar-refractivity contribution in [2.45, 2.75) is 26.3 Å². The summed E-state index contributed by atoms with van der Waals surface area (Å²) >= 11 is 7.81. The fraction of sp³-hybridized carbons (Fsp3) is 0.357. The Bertz CT molecular complexity index is 536. The van der Waals surface area contributed by atoms with Gasteiger partial charge in [0.2, 0.25) is 0 Å². The fourth-order valence-corrected chi connectivity index (χ4v) is 3.37. The molecule has 1 aromatic heterocycles. The van der Waals surface area contributed by atoms with Gasteiger partial charge >= 0.3 is 0 Å². The number of aryl methyl sites for hydroxylation is 2. The van der Waals surface area contributed by atoms with Crippen molar-refractivity contribution in [3.8, 4) is 0 Å². The predicted molar refractivity (Wildman–Crippen MR) is 78.6 cm³/mol. The van der Waals surface area contributed by atoms with Gasteiger partial charge in [0.1, 0.15) is 5.01 Å². The lowest BCUT2D eigenvalue weighted by Gasteiger charge is -2.14. The predicted octanol–water partition coefficient (Wildman–Crippen LogP) is 3.98. The van der Waals surface area contributed by atoms with Crippen LogP contribution in [0.3, 0.4) is 0 Å². The third-order valence-corrected chi connectivity index (χ3v) is 4.27. The van der Waals surface area contributed by atoms with E-state index in [1.807, 2.05) is 25.2 Å². The van der Waals surface area contributed by atoms with Crippen molar-refractivity contribution in [3.63, 3.8) is 0 Å². The maximum Gasteiger partial charge on any atom is 0.115 e. The molecule has 1 N–H and O–H groups in total. The number of benzene rings is 1. The Morgan fingerprint density at radius 3 is 2.78 bits per heavy atom. The average Bonchev–Trinajstić information content (AvgIpc) is 2.71. The van der Waals surface area contributed by atoms with Crippen LogP contribution in [0, 0.1) is 6.92 Å². The Morgan fingerprint density at radius 1 is 1.44 bits per heavy atom. The number of halogens is 1. The number of aromatic nitrogens is 1. The third-order valence-electron chi connectivity index (χ3n) is 2.96. The van der Waals surface area contributed by atoms with Gasteiger partial charge in [0, 0.05) is 9.90 Å². The maximum atomic E-state index is 6.05. The quantitative estimate of drug-likeness (QED) is 0.916. The molecule has 2 nitrogen and oxygen atoms in total. The summed E-state index contributed by atoms with van der Waals surface area (Å²) in [4.78, 5) is 6.02. The molecule has 0 radical (unpaired) electrons. The highest BCUT2D eigenvalue weighted by Gasteiger charge is 2.17. The third kappa shape index (κ3) is 2.74. The summed E-state index contributed by atoms with van der Waals surface area (Å²) in [7, 11) is 1.95. The van der Waals surface area contributed by atoms with Gasteiger partial charge in [0.25, 0.3) is 0 Å². The molecule has 2 aromatic rings. The van der Waals surface area contributed by atoms with Gasteiger partial charge in [0.05, 0.1) is 11.7 Å². The molecule has 4 heteroatoms. The minimum absolute atomic E-state index is 0.118. The number of nitrogens with one attached hydrogen (secondary N) is 1. The molecule has 0 aliphatic rings. The van der Waals surface area contributed by atoms with Gasteiger partial charge in [-0.1, -0.05) is 30.7 Å². The first-order valence-corrected chi connectivity index (χ1v) is 7.24. The summed E-state index contributed by atoms with van der Waals surface area (Å²) in [6, 6.07) is 8.05. The lowest BCUT2D eigenvalue weighted by Crippen LogP contribution is -2.17. The van der Waals surface area contributed by atoms with Crippen molar-refractivity contribution in [2.75, 3.05) is 7.05 Å². The van der Waals surface area contributed by atoms with Gasteiger partial charge in [-0.3, -0.25) is 0 Å². The van der Waals surface area contributed by atoms with Gasteiger partial charge in [-0.15, -0.1) is 11.3 Å². The van der Waals surface area contributed by atoms with Crippen LogP contribution in [-0.2, 0) is 6.42 Å². The topological polar surface area (TPSA) is 24.9 Å². The monoisotopic (exact) mass is 280 g/mol. The van der Waals surface area contributed by atoms with Gasteiger partial charge < -0.3 is 5.32 Å². The highest BCUT2D eigenvalue weighted by Crippen LogP contribution is 2.29. The van der Waals surface area contributed by atoms with Crippen LogP contribution < -0.4 is 5.32 Å². The summed E-state index contributed by atoms with van der Waals surface area (Å²) in [5.41, 5.74) is 2.35. The SMILES string of the molecule is CCc1nc(C(NC)c2cccc(Cl)c2)sc1C. The van der Waals surface area contributed by atoms with Crippen LogP contribution in [0.5, 0.6) is 0 Å². The van der Waals surface area contributed by atoms with Crippen molar-refractivity contribution in [1.29, 1.82) is 0 Å². The summed E-state index contributed by atoms with van der Waals surface area (Å²) in [6.07, 6.45) is 0.980. The van der Waals surface area contributed by atoms with Crippen LogP contribution in [0.4, 0.5) is 0 Å². The van der Waals surface area contributed by atoms with Crippen LogP contribution >= 0.6 is 22.9 Å². The van der Waals surface area contributed by atoms with E-state index in [1.165, 1.54) is 10.6 Å². The van der Waals surface area contributed by atoms with E-state index in [1.54, 1.807) is 11.3 Å². The van der Waals surface area contributed by atoms with Crippen LogP contribution in [0.2, 0.25) is 5.02 Å². The number of thiazole rings is 1. The summed E-state index contributed by atoms with van der Waals surface area (Å²) < 4.78 is 0. The molecule has 1 heterocycles. The second-order valence-corrected chi connectivity index (χ2v) is 5.86. The second kappa shape index (κ2) is 5.83. The van der Waals surface area contributed by atoms with E-state index in [4.69, 9.17) is 16.6 Å². The zero-order valence-electron chi connectivity index (χ0n) is 10.8. The standard InChI is InChI=1S/C14H17ClN2S/c1-4-12-9(2)18-14(17-12)13(16-3)10-6-5-7-11(15)8-10/h5-8,13,16H,4H2,1-3H3. The smallest absolute Gasteiger partial charge is 0.115 e. The van der Waals surface area contributed by atoms with Gasteiger partial charge in [-0.05, 0) is 38.1 Å². The number of nitrogens with zero attached hydrogens (tertiary/aromatic N) is 1. The van der Waals surface area contributed by atoms with Crippen LogP contribution in [0.15, 0.2) is 24.3 Å². The van der Waals surface area contributed by atoms with Crippen molar-refractivity contribution >= 4 is 22.9 Å². The molecule has 0 aliphatic carbocycles. The molecule has 96 valence electrons. The molecule has 0 saturated carbocycles. The van der Waals surface area contributed by atoms with E-state index < -0.39 is 0 Å². The van der Waals surface area contributed by atoms with Crippen molar-refractivity contribution in [1.82, 2.24) is 10.3 Å². The number of rotatable bonds is 4. The van der Waals surface area contributed by atoms with E-state index in [2.05, 4.69) is 25.2 Å². The zero-order chi connectivity index (χ0) is 13.1. The van der Waals surface area contributed by atoms with Crippen LogP contribution in [0.1, 0.15) is 34.1 Å². The molecule has 2 rings (SSSR count). The van der Waals surface area contributed by atoms with Gasteiger partial charge in [-0.25, -0.2) is 4.98 Å². The lowest BCUT2D eigenvalue weighted by atomic mass is 10.1. The van der Waals surface area contributed by atoms with E-state index in [0.29, 0.717) is 0 Å². The first kappa shape index (κ1) is 13.5. The van der Waals surface area contributed by atoms with E-state index in [0.717, 1.165) is 22.0 Å². The molecule has 1 atom stereocenters. The van der Waals surface area contributed by atoms with Gasteiger partial charge in [-0.2, -0.15) is 0 Å². The minimum atomic E-state index is 0.118. The second-order valence-electron chi connectivity index (χ2n) is 4.19. The average molecular weight is 281 g/mol. The van der Waals surface area contributed by atoms with Crippen molar-refractivity contribution in [2.24, 2.45) is 0 Å². The summed E-state index contributed by atoms with van der Waals surface area (Å²) in [6.45, 7) is 4.27. The first-order valence-electron chi connectivity index (χ1n) is 6.04. The molecule has 0 spiro atoms. The molecule has 1 aromatic carbocycles. The first-order chi connectivity index (χ1) is 8.65. The molecule has 1 unspecified atom stereocenters. The lowest BCUT2D eigenvalue weighted by molar-refractivity contribution is 0.683. The molecule has 18 heavy (non-hydrogen) atoms.